The lowest BCUT2D eigenvalue weighted by molar-refractivity contribution is -0.146. The molecule has 0 atom stereocenters. The minimum atomic E-state index is -4.87. The summed E-state index contributed by atoms with van der Waals surface area (Å²) in [7, 11) is -4.87. The molecule has 0 unspecified atom stereocenters. The van der Waals surface area contributed by atoms with Crippen LogP contribution in [0.1, 0.15) is 0 Å². The zero-order valence-electron chi connectivity index (χ0n) is 4.55. The van der Waals surface area contributed by atoms with E-state index < -0.39 is 19.0 Å². The third kappa shape index (κ3) is 2.08. The van der Waals surface area contributed by atoms with Crippen LogP contribution in [0.2, 0.25) is 0 Å². The second-order valence-corrected chi connectivity index (χ2v) is 2.80. The third-order valence-electron chi connectivity index (χ3n) is 0.573. The molecule has 56 valence electrons. The number of rotatable bonds is 2. The molecule has 10 heavy (non-hydrogen) atoms. The van der Waals surface area contributed by atoms with E-state index in [1.165, 1.54) is 0 Å². The molecule has 0 rings (SSSR count). The normalized spacial score (nSPS) is 10.2. The SMILES string of the molecule is N=[N+]=C(C(=O)O)P(=O)(O)O. The molecule has 8 heteroatoms. The van der Waals surface area contributed by atoms with Gasteiger partial charge in [-0.15, -0.1) is 0 Å². The van der Waals surface area contributed by atoms with E-state index in [1.54, 1.807) is 0 Å². The van der Waals surface area contributed by atoms with Crippen LogP contribution in [0.15, 0.2) is 0 Å². The molecule has 0 spiro atoms. The molecular weight excluding hydrogens is 163 g/mol. The first kappa shape index (κ1) is 9.00. The van der Waals surface area contributed by atoms with E-state index in [0.29, 0.717) is 0 Å². The van der Waals surface area contributed by atoms with Crippen molar-refractivity contribution in [3.63, 3.8) is 0 Å². The summed E-state index contributed by atoms with van der Waals surface area (Å²) in [6.45, 7) is 0. The zero-order chi connectivity index (χ0) is 8.36. The van der Waals surface area contributed by atoms with Crippen LogP contribution >= 0.6 is 7.60 Å². The van der Waals surface area contributed by atoms with Crippen molar-refractivity contribution in [2.45, 2.75) is 0 Å². The van der Waals surface area contributed by atoms with Gasteiger partial charge in [0.2, 0.25) is 0 Å². The van der Waals surface area contributed by atoms with E-state index in [9.17, 15) is 9.36 Å². The third-order valence-corrected chi connectivity index (χ3v) is 1.42. The highest BCUT2D eigenvalue weighted by molar-refractivity contribution is 7.73. The predicted molar refractivity (Wildman–Crippen MR) is 27.7 cm³/mol. The van der Waals surface area contributed by atoms with Gasteiger partial charge in [-0.25, -0.2) is 9.36 Å². The Morgan fingerprint density at radius 2 is 1.90 bits per heavy atom. The number of carboxylic acids is 1. The molecule has 4 N–H and O–H groups in total. The van der Waals surface area contributed by atoms with Crippen molar-refractivity contribution in [1.82, 2.24) is 0 Å². The predicted octanol–water partition coefficient (Wildman–Crippen LogP) is -1.11. The molecule has 0 aliphatic carbocycles. The van der Waals surface area contributed by atoms with Crippen molar-refractivity contribution in [1.29, 1.82) is 5.53 Å². The van der Waals surface area contributed by atoms with Crippen LogP contribution in [0.3, 0.4) is 0 Å². The smallest absolute Gasteiger partial charge is 0.472 e. The average molecular weight is 167 g/mol. The van der Waals surface area contributed by atoms with E-state index in [4.69, 9.17) is 20.4 Å². The maximum absolute atomic E-state index is 10.1. The Labute approximate surface area is 54.7 Å². The average Bonchev–Trinajstić information content (AvgIpc) is 1.60. The van der Waals surface area contributed by atoms with Gasteiger partial charge in [-0.1, -0.05) is 0 Å². The van der Waals surface area contributed by atoms with Gasteiger partial charge >= 0.3 is 19.0 Å². The minimum absolute atomic E-state index is 1.45. The Balaban J connectivity index is 4.94. The molecule has 7 nitrogen and oxygen atoms in total. The van der Waals surface area contributed by atoms with Gasteiger partial charge in [0.15, 0.2) is 0 Å². The highest BCUT2D eigenvalue weighted by Crippen LogP contribution is 2.35. The molecule has 0 bridgehead atoms. The van der Waals surface area contributed by atoms with Crippen molar-refractivity contribution in [3.8, 4) is 0 Å². The molecule has 0 radical (unpaired) electrons. The lowest BCUT2D eigenvalue weighted by Crippen LogP contribution is -2.13. The number of hydrogen-bond donors (Lipinski definition) is 4. The fourth-order valence-corrected chi connectivity index (χ4v) is 0.617. The Bertz CT molecular complexity index is 246. The van der Waals surface area contributed by atoms with Crippen molar-refractivity contribution in [3.05, 3.63) is 0 Å². The van der Waals surface area contributed by atoms with Crippen LogP contribution < -0.4 is 0 Å². The highest BCUT2D eigenvalue weighted by Gasteiger charge is 2.42. The summed E-state index contributed by atoms with van der Waals surface area (Å²) in [5, 5.41) is 7.97. The van der Waals surface area contributed by atoms with Gasteiger partial charge in [0.05, 0.1) is 10.3 Å². The Morgan fingerprint density at radius 3 is 1.90 bits per heavy atom. The van der Waals surface area contributed by atoms with Crippen molar-refractivity contribution in [2.24, 2.45) is 0 Å². The van der Waals surface area contributed by atoms with Crippen molar-refractivity contribution in [2.75, 3.05) is 0 Å². The van der Waals surface area contributed by atoms with Gasteiger partial charge in [0.25, 0.3) is 0 Å². The molecule has 0 fully saturated rings. The second kappa shape index (κ2) is 2.72. The molecule has 0 aromatic carbocycles. The van der Waals surface area contributed by atoms with E-state index in [-0.39, 0.29) is 0 Å². The number of aliphatic carboxylic acids is 1. The Morgan fingerprint density at radius 1 is 1.50 bits per heavy atom. The molecule has 0 aliphatic heterocycles. The van der Waals surface area contributed by atoms with Crippen LogP contribution in [0, 0.1) is 5.53 Å². The van der Waals surface area contributed by atoms with Gasteiger partial charge < -0.3 is 14.9 Å². The fraction of sp³-hybridized carbons (Fsp3) is 0. The molecule has 0 saturated heterocycles. The first-order valence-electron chi connectivity index (χ1n) is 1.93. The largest absolute Gasteiger partial charge is 0.532 e. The lowest BCUT2D eigenvalue weighted by atomic mass is 10.8. The monoisotopic (exact) mass is 167 g/mol. The summed E-state index contributed by atoms with van der Waals surface area (Å²) >= 11 is 0. The Kier molecular flexibility index (Phi) is 2.45. The molecule has 0 saturated carbocycles. The number of carbonyl (C=O) groups is 1. The van der Waals surface area contributed by atoms with E-state index in [0.717, 1.165) is 0 Å². The quantitative estimate of drug-likeness (QED) is 0.179. The van der Waals surface area contributed by atoms with Crippen LogP contribution in [0.4, 0.5) is 0 Å². The summed E-state index contributed by atoms with van der Waals surface area (Å²) in [6, 6.07) is 0. The molecule has 0 heterocycles. The van der Waals surface area contributed by atoms with Crippen LogP contribution in [-0.4, -0.2) is 31.1 Å². The first-order chi connectivity index (χ1) is 4.39. The standard InChI is InChI=1S/C2H3N2O5P/c3-4-1(2(5)6)10(7,8)9/h3H,(H2-,5,6,7,8,9)/p+1. The van der Waals surface area contributed by atoms with Gasteiger partial charge in [-0.05, 0) is 0 Å². The molecule has 0 aliphatic rings. The van der Waals surface area contributed by atoms with Gasteiger partial charge in [0, 0.05) is 0 Å². The summed E-state index contributed by atoms with van der Waals surface area (Å²) in [4.78, 5) is 28.3. The van der Waals surface area contributed by atoms with E-state index in [1.807, 2.05) is 0 Å². The molecule has 0 aromatic heterocycles. The van der Waals surface area contributed by atoms with Gasteiger partial charge in [0.1, 0.15) is 0 Å². The van der Waals surface area contributed by atoms with E-state index in [2.05, 4.69) is 4.79 Å². The van der Waals surface area contributed by atoms with E-state index >= 15 is 0 Å². The fourth-order valence-electron chi connectivity index (χ4n) is 0.238. The van der Waals surface area contributed by atoms with Crippen molar-refractivity contribution >= 4 is 19.0 Å². The topological polar surface area (TPSA) is 133 Å². The number of carboxylic acid groups (broad SMARTS) is 1. The van der Waals surface area contributed by atoms with Crippen LogP contribution in [0.5, 0.6) is 0 Å². The molecule has 0 aromatic rings. The van der Waals surface area contributed by atoms with Crippen LogP contribution in [0.25, 0.3) is 0 Å². The first-order valence-corrected chi connectivity index (χ1v) is 3.54. The molecular formula is C2H4N2O5P+. The number of nitrogens with zero attached hydrogens (tertiary/aromatic N) is 1. The summed E-state index contributed by atoms with van der Waals surface area (Å²) in [5.74, 6) is -1.89. The maximum Gasteiger partial charge on any atom is 0.532 e. The van der Waals surface area contributed by atoms with Gasteiger partial charge in [-0.3, -0.25) is 0 Å². The summed E-state index contributed by atoms with van der Waals surface area (Å²) < 4.78 is 10.1. The van der Waals surface area contributed by atoms with Gasteiger partial charge in [-0.2, -0.15) is 0 Å². The summed E-state index contributed by atoms with van der Waals surface area (Å²) in [6.07, 6.45) is 0. The van der Waals surface area contributed by atoms with Crippen LogP contribution in [-0.2, 0) is 9.36 Å². The molecule has 0 amide bonds. The number of hydrogen-bond acceptors (Lipinski definition) is 3. The van der Waals surface area contributed by atoms with Crippen molar-refractivity contribution < 1.29 is 29.0 Å². The lowest BCUT2D eigenvalue weighted by Gasteiger charge is -1.88. The Hall–Kier alpha value is -1.00. The number of nitrogens with one attached hydrogen (secondary N) is 1. The summed E-state index contributed by atoms with van der Waals surface area (Å²) in [5.41, 5.74) is 4.61. The maximum atomic E-state index is 10.1. The zero-order valence-corrected chi connectivity index (χ0v) is 5.45. The highest BCUT2D eigenvalue weighted by atomic mass is 31.2. The second-order valence-electron chi connectivity index (χ2n) is 1.28. The minimum Gasteiger partial charge on any atom is -0.472 e.